The summed E-state index contributed by atoms with van der Waals surface area (Å²) in [5.74, 6) is 1.09. The number of fused-ring (bicyclic) bond motifs is 1. The summed E-state index contributed by atoms with van der Waals surface area (Å²) in [6.45, 7) is 3.47. The molecule has 2 amide bonds. The minimum atomic E-state index is -0.115. The summed E-state index contributed by atoms with van der Waals surface area (Å²) in [4.78, 5) is 34.4. The number of H-pyrrole nitrogens is 1. The maximum absolute atomic E-state index is 12.6. The number of aromatic nitrogens is 2. The van der Waals surface area contributed by atoms with Crippen LogP contribution in [0.5, 0.6) is 0 Å². The number of rotatable bonds is 4. The first kappa shape index (κ1) is 16.5. The Morgan fingerprint density at radius 1 is 1.33 bits per heavy atom. The van der Waals surface area contributed by atoms with E-state index in [1.54, 1.807) is 0 Å². The van der Waals surface area contributed by atoms with E-state index in [0.29, 0.717) is 12.4 Å². The van der Waals surface area contributed by atoms with Crippen molar-refractivity contribution >= 4 is 34.2 Å². The molecule has 2 fully saturated rings. The number of amides is 2. The van der Waals surface area contributed by atoms with Crippen molar-refractivity contribution in [1.29, 1.82) is 0 Å². The summed E-state index contributed by atoms with van der Waals surface area (Å²) in [5.41, 5.74) is 2.98. The monoisotopic (exact) mass is 364 g/mol. The van der Waals surface area contributed by atoms with Gasteiger partial charge in [0.25, 0.3) is 0 Å². The Morgan fingerprint density at radius 3 is 2.81 bits per heavy atom. The molecular formula is C21H24N4O2. The Morgan fingerprint density at radius 2 is 2.15 bits per heavy atom. The van der Waals surface area contributed by atoms with Crippen molar-refractivity contribution in [3.05, 3.63) is 30.0 Å². The van der Waals surface area contributed by atoms with Crippen LogP contribution in [0.25, 0.3) is 16.6 Å². The number of pyridine rings is 1. The van der Waals surface area contributed by atoms with E-state index in [1.807, 2.05) is 23.2 Å². The minimum Gasteiger partial charge on any atom is -0.346 e. The molecule has 0 unspecified atom stereocenters. The predicted molar refractivity (Wildman–Crippen MR) is 104 cm³/mol. The summed E-state index contributed by atoms with van der Waals surface area (Å²) in [6.07, 6.45) is 8.81. The molecule has 2 aliphatic carbocycles. The zero-order chi connectivity index (χ0) is 18.6. The van der Waals surface area contributed by atoms with E-state index in [1.165, 1.54) is 5.57 Å². The molecular weight excluding hydrogens is 340 g/mol. The molecule has 0 atom stereocenters. The number of nitrogens with zero attached hydrogens (tertiary/aromatic N) is 2. The highest BCUT2D eigenvalue weighted by Gasteiger charge is 2.47. The number of carbonyl (C=O) groups excluding carboxylic acids is 2. The zero-order valence-corrected chi connectivity index (χ0v) is 15.5. The van der Waals surface area contributed by atoms with Crippen LogP contribution in [0.1, 0.15) is 44.6 Å². The second kappa shape index (κ2) is 5.94. The Bertz CT molecular complexity index is 966. The lowest BCUT2D eigenvalue weighted by atomic mass is 9.96. The van der Waals surface area contributed by atoms with Gasteiger partial charge in [-0.25, -0.2) is 4.98 Å². The normalized spacial score (nSPS) is 21.1. The van der Waals surface area contributed by atoms with Gasteiger partial charge in [-0.05, 0) is 55.4 Å². The second-order valence-electron chi connectivity index (χ2n) is 8.35. The average Bonchev–Trinajstić information content (AvgIpc) is 3.60. The molecule has 3 aliphatic rings. The molecule has 1 aliphatic heterocycles. The van der Waals surface area contributed by atoms with E-state index >= 15 is 0 Å². The third kappa shape index (κ3) is 3.03. The average molecular weight is 364 g/mol. The largest absolute Gasteiger partial charge is 0.346 e. The van der Waals surface area contributed by atoms with Gasteiger partial charge in [0.15, 0.2) is 0 Å². The van der Waals surface area contributed by atoms with Gasteiger partial charge in [-0.15, -0.1) is 0 Å². The molecule has 6 nitrogen and oxygen atoms in total. The number of hydrogen-bond acceptors (Lipinski definition) is 3. The third-order valence-corrected chi connectivity index (χ3v) is 6.09. The standard InChI is InChI=1S/C21H24N4O2/c1-21(7-8-21)20(27)25-10-5-13(6-11-25)16-12-17(24-19(26)14-2-3-14)23-18-15(16)4-9-22-18/h4-5,9,12,14H,2-3,6-8,10-11H2,1H3,(H2,22,23,24,26). The van der Waals surface area contributed by atoms with Crippen LogP contribution in [0.3, 0.4) is 0 Å². The number of hydrogen-bond donors (Lipinski definition) is 2. The molecule has 2 aromatic rings. The van der Waals surface area contributed by atoms with Crippen LogP contribution in [0.4, 0.5) is 5.82 Å². The molecule has 0 radical (unpaired) electrons. The van der Waals surface area contributed by atoms with Crippen LogP contribution < -0.4 is 5.32 Å². The van der Waals surface area contributed by atoms with Crippen molar-refractivity contribution in [3.8, 4) is 0 Å². The Balaban J connectivity index is 1.42. The van der Waals surface area contributed by atoms with Crippen LogP contribution in [0.15, 0.2) is 24.4 Å². The zero-order valence-electron chi connectivity index (χ0n) is 15.5. The first-order valence-corrected chi connectivity index (χ1v) is 9.81. The Labute approximate surface area is 158 Å². The van der Waals surface area contributed by atoms with E-state index in [0.717, 1.165) is 55.2 Å². The van der Waals surface area contributed by atoms with Crippen molar-refractivity contribution < 1.29 is 9.59 Å². The van der Waals surface area contributed by atoms with Crippen LogP contribution in [-0.2, 0) is 9.59 Å². The van der Waals surface area contributed by atoms with Gasteiger partial charge in [0.2, 0.25) is 11.8 Å². The quantitative estimate of drug-likeness (QED) is 0.873. The fraction of sp³-hybridized carbons (Fsp3) is 0.476. The van der Waals surface area contributed by atoms with Crippen molar-refractivity contribution in [2.75, 3.05) is 18.4 Å². The van der Waals surface area contributed by atoms with E-state index in [2.05, 4.69) is 28.3 Å². The van der Waals surface area contributed by atoms with Gasteiger partial charge in [-0.2, -0.15) is 0 Å². The van der Waals surface area contributed by atoms with Gasteiger partial charge in [-0.3, -0.25) is 9.59 Å². The Hall–Kier alpha value is -2.63. The lowest BCUT2D eigenvalue weighted by molar-refractivity contribution is -0.135. The van der Waals surface area contributed by atoms with Crippen LogP contribution in [0.2, 0.25) is 0 Å². The summed E-state index contributed by atoms with van der Waals surface area (Å²) in [7, 11) is 0. The van der Waals surface area contributed by atoms with Gasteiger partial charge in [0.05, 0.1) is 0 Å². The maximum atomic E-state index is 12.6. The molecule has 0 aromatic carbocycles. The molecule has 0 saturated heterocycles. The van der Waals surface area contributed by atoms with E-state index in [4.69, 9.17) is 0 Å². The Kier molecular flexibility index (Phi) is 3.64. The molecule has 3 heterocycles. The molecule has 6 heteroatoms. The number of anilines is 1. The fourth-order valence-electron chi connectivity index (χ4n) is 3.82. The van der Waals surface area contributed by atoms with E-state index in [9.17, 15) is 9.59 Å². The maximum Gasteiger partial charge on any atom is 0.228 e. The fourth-order valence-corrected chi connectivity index (χ4v) is 3.82. The highest BCUT2D eigenvalue weighted by Crippen LogP contribution is 2.47. The highest BCUT2D eigenvalue weighted by molar-refractivity contribution is 5.97. The molecule has 5 rings (SSSR count). The van der Waals surface area contributed by atoms with Gasteiger partial charge in [0, 0.05) is 36.0 Å². The lowest BCUT2D eigenvalue weighted by Gasteiger charge is -2.29. The minimum absolute atomic E-state index is 0.0615. The van der Waals surface area contributed by atoms with Gasteiger partial charge in [0.1, 0.15) is 11.5 Å². The molecule has 2 saturated carbocycles. The van der Waals surface area contributed by atoms with E-state index in [-0.39, 0.29) is 23.1 Å². The highest BCUT2D eigenvalue weighted by atomic mass is 16.2. The first-order chi connectivity index (χ1) is 13.0. The molecule has 2 aromatic heterocycles. The van der Waals surface area contributed by atoms with Gasteiger partial charge >= 0.3 is 0 Å². The van der Waals surface area contributed by atoms with Crippen molar-refractivity contribution in [3.63, 3.8) is 0 Å². The summed E-state index contributed by atoms with van der Waals surface area (Å²) < 4.78 is 0. The molecule has 140 valence electrons. The number of aromatic amines is 1. The van der Waals surface area contributed by atoms with Gasteiger partial charge < -0.3 is 15.2 Å². The molecule has 0 bridgehead atoms. The summed E-state index contributed by atoms with van der Waals surface area (Å²) in [6, 6.07) is 4.00. The smallest absolute Gasteiger partial charge is 0.228 e. The number of nitrogens with one attached hydrogen (secondary N) is 2. The second-order valence-corrected chi connectivity index (χ2v) is 8.35. The summed E-state index contributed by atoms with van der Waals surface area (Å²) >= 11 is 0. The van der Waals surface area contributed by atoms with Crippen molar-refractivity contribution in [2.24, 2.45) is 11.3 Å². The molecule has 0 spiro atoms. The third-order valence-electron chi connectivity index (χ3n) is 6.09. The van der Waals surface area contributed by atoms with Crippen LogP contribution in [-0.4, -0.2) is 39.8 Å². The van der Waals surface area contributed by atoms with Crippen molar-refractivity contribution in [2.45, 2.75) is 39.0 Å². The number of carbonyl (C=O) groups is 2. The van der Waals surface area contributed by atoms with Crippen LogP contribution in [0, 0.1) is 11.3 Å². The van der Waals surface area contributed by atoms with Crippen molar-refractivity contribution in [1.82, 2.24) is 14.9 Å². The predicted octanol–water partition coefficient (Wildman–Crippen LogP) is 3.33. The first-order valence-electron chi connectivity index (χ1n) is 9.81. The SMILES string of the molecule is CC1(C(=O)N2CC=C(c3cc(NC(=O)C4CC4)nc4[nH]ccc34)CC2)CC1. The summed E-state index contributed by atoms with van der Waals surface area (Å²) in [5, 5.41) is 4.01. The van der Waals surface area contributed by atoms with E-state index < -0.39 is 0 Å². The topological polar surface area (TPSA) is 78.1 Å². The van der Waals surface area contributed by atoms with Gasteiger partial charge in [-0.1, -0.05) is 13.0 Å². The van der Waals surface area contributed by atoms with Crippen LogP contribution >= 0.6 is 0 Å². The lowest BCUT2D eigenvalue weighted by Crippen LogP contribution is -2.38. The molecule has 2 N–H and O–H groups in total. The molecule has 27 heavy (non-hydrogen) atoms.